The molecule has 0 spiro atoms. The predicted octanol–water partition coefficient (Wildman–Crippen LogP) is 1.82. The van der Waals surface area contributed by atoms with Crippen LogP contribution in [0.5, 0.6) is 0 Å². The summed E-state index contributed by atoms with van der Waals surface area (Å²) in [4.78, 5) is 29.1. The number of carbonyl (C=O) groups excluding carboxylic acids is 2. The zero-order valence-corrected chi connectivity index (χ0v) is 26.8. The first-order valence-corrected chi connectivity index (χ1v) is 5.26. The standard InChI is InChI=1S/2C3H6O2P.C3H5O2.CH3.W.3Y/c2*1-2-3(4)5-6;1-2-3(4)5;;;;;/h2*2H,6H2,1H3;2H,1H3,(H,4,5);1H3;;;;/q4*-1;;;;. The Bertz CT molecular complexity index is 211. The summed E-state index contributed by atoms with van der Waals surface area (Å²) in [6.07, 6.45) is 3.76. The fraction of sp³-hybridized carbons (Fsp3) is 0.300. The summed E-state index contributed by atoms with van der Waals surface area (Å²) in [5.74, 6) is -1.51. The van der Waals surface area contributed by atoms with Gasteiger partial charge in [-0.15, -0.1) is 0 Å². The number of rotatable bonds is 3. The summed E-state index contributed by atoms with van der Waals surface area (Å²) in [5.41, 5.74) is 0. The van der Waals surface area contributed by atoms with Crippen molar-refractivity contribution < 1.29 is 148 Å². The summed E-state index contributed by atoms with van der Waals surface area (Å²) in [6, 6.07) is 0. The van der Waals surface area contributed by atoms with E-state index in [1.54, 1.807) is 13.8 Å². The third-order valence-electron chi connectivity index (χ3n) is 0.951. The van der Waals surface area contributed by atoms with Crippen LogP contribution in [0.25, 0.3) is 0 Å². The van der Waals surface area contributed by atoms with Crippen LogP contribution in [0.3, 0.4) is 0 Å². The first-order valence-electron chi connectivity index (χ1n) is 4.31. The molecule has 12 heteroatoms. The van der Waals surface area contributed by atoms with E-state index in [0.717, 1.165) is 6.42 Å². The second-order valence-corrected chi connectivity index (χ2v) is 2.55. The van der Waals surface area contributed by atoms with E-state index in [1.807, 2.05) is 18.9 Å². The molecule has 0 heterocycles. The van der Waals surface area contributed by atoms with Gasteiger partial charge in [-0.05, 0) is 0 Å². The largest absolute Gasteiger partial charge is 0.503 e. The normalized spacial score (nSPS) is 5.32. The minimum absolute atomic E-state index is 0. The minimum atomic E-state index is -0.870. The van der Waals surface area contributed by atoms with Gasteiger partial charge in [0.05, 0.1) is 18.9 Å². The van der Waals surface area contributed by atoms with Gasteiger partial charge in [0.25, 0.3) is 0 Å². The van der Waals surface area contributed by atoms with Gasteiger partial charge in [0.15, 0.2) is 17.9 Å². The molecule has 125 valence electrons. The smallest absolute Gasteiger partial charge is 0.170 e. The number of carboxylic acid groups (broad SMARTS) is 1. The second-order valence-electron chi connectivity index (χ2n) is 2.08. The summed E-state index contributed by atoms with van der Waals surface area (Å²) >= 11 is 0. The summed E-state index contributed by atoms with van der Waals surface area (Å²) < 4.78 is 8.24. The topological polar surface area (TPSA) is 89.9 Å². The van der Waals surface area contributed by atoms with Gasteiger partial charge in [0, 0.05) is 119 Å². The molecule has 0 aliphatic rings. The molecule has 0 aromatic rings. The molecule has 0 aliphatic heterocycles. The van der Waals surface area contributed by atoms with E-state index in [0.29, 0.717) is 0 Å². The second kappa shape index (κ2) is 43.9. The number of carbonyl (C=O) groups is 3. The van der Waals surface area contributed by atoms with Crippen molar-refractivity contribution >= 4 is 36.8 Å². The molecule has 0 aliphatic carbocycles. The SMILES string of the molecule is C[CH-]C(=O)O.C[CH-]C(=O)OP.C[CH-]C(=O)OP.[CH3-].[W].[Y].[Y].[Y]. The molecule has 0 saturated heterocycles. The molecular formula is C10H20O6P2WY3-4. The predicted molar refractivity (Wildman–Crippen MR) is 75.6 cm³/mol. The first-order chi connectivity index (χ1) is 7.89. The van der Waals surface area contributed by atoms with Crippen molar-refractivity contribution in [3.63, 3.8) is 0 Å². The van der Waals surface area contributed by atoms with Crippen LogP contribution in [0.15, 0.2) is 0 Å². The van der Waals surface area contributed by atoms with Crippen molar-refractivity contribution in [1.29, 1.82) is 0 Å². The zero-order chi connectivity index (χ0) is 14.3. The average Bonchev–Trinajstić information content (AvgIpc) is 2.37. The van der Waals surface area contributed by atoms with E-state index in [9.17, 15) is 14.4 Å². The third-order valence-corrected chi connectivity index (χ3v) is 1.42. The van der Waals surface area contributed by atoms with Crippen LogP contribution >= 0.6 is 18.9 Å². The Morgan fingerprint density at radius 2 is 1.00 bits per heavy atom. The first kappa shape index (κ1) is 49.8. The Kier molecular flexibility index (Phi) is 99.3. The molecule has 0 fully saturated rings. The Balaban J connectivity index is -0.0000000201. The molecule has 0 amide bonds. The van der Waals surface area contributed by atoms with Gasteiger partial charge in [0.2, 0.25) is 0 Å². The number of hydrogen-bond donors (Lipinski definition) is 1. The van der Waals surface area contributed by atoms with Crippen LogP contribution in [-0.2, 0) is 143 Å². The molecule has 6 nitrogen and oxygen atoms in total. The van der Waals surface area contributed by atoms with Crippen molar-refractivity contribution in [2.75, 3.05) is 0 Å². The van der Waals surface area contributed by atoms with Gasteiger partial charge in [-0.25, -0.2) is 0 Å². The molecular weight excluding hydrogens is 729 g/mol. The summed E-state index contributed by atoms with van der Waals surface area (Å²) in [5, 5.41) is 7.67. The van der Waals surface area contributed by atoms with E-state index in [1.165, 1.54) is 19.8 Å². The molecule has 1 N–H and O–H groups in total. The molecule has 0 aromatic carbocycles. The molecule has 0 rings (SSSR count). The zero-order valence-electron chi connectivity index (χ0n) is 13.0. The van der Waals surface area contributed by atoms with Crippen molar-refractivity contribution in [1.82, 2.24) is 0 Å². The maximum Gasteiger partial charge on any atom is 0.170 e. The number of hydrogen-bond acceptors (Lipinski definition) is 5. The Hall–Kier alpha value is 2.88. The minimum Gasteiger partial charge on any atom is -0.503 e. The van der Waals surface area contributed by atoms with Crippen LogP contribution in [0.4, 0.5) is 0 Å². The van der Waals surface area contributed by atoms with Gasteiger partial charge >= 0.3 is 0 Å². The van der Waals surface area contributed by atoms with Crippen LogP contribution < -0.4 is 0 Å². The monoisotopic (exact) mass is 749 g/mol. The molecule has 3 radical (unpaired) electrons. The summed E-state index contributed by atoms with van der Waals surface area (Å²) in [7, 11) is 3.72. The van der Waals surface area contributed by atoms with Gasteiger partial charge in [-0.3, -0.25) is 33.6 Å². The van der Waals surface area contributed by atoms with Gasteiger partial charge < -0.3 is 21.6 Å². The fourth-order valence-electron chi connectivity index (χ4n) is 0.136. The molecule has 2 unspecified atom stereocenters. The molecule has 0 aromatic heterocycles. The van der Waals surface area contributed by atoms with Gasteiger partial charge in [-0.2, -0.15) is 20.8 Å². The van der Waals surface area contributed by atoms with Crippen molar-refractivity contribution in [2.24, 2.45) is 0 Å². The van der Waals surface area contributed by atoms with Crippen molar-refractivity contribution in [2.45, 2.75) is 20.8 Å². The van der Waals surface area contributed by atoms with E-state index < -0.39 is 5.97 Å². The van der Waals surface area contributed by atoms with E-state index in [2.05, 4.69) is 9.05 Å². The molecule has 22 heavy (non-hydrogen) atoms. The Morgan fingerprint density at radius 3 is 1.00 bits per heavy atom. The molecule has 0 bridgehead atoms. The maximum atomic E-state index is 9.88. The van der Waals surface area contributed by atoms with Crippen LogP contribution in [-0.4, -0.2) is 23.0 Å². The number of carboxylic acids is 1. The van der Waals surface area contributed by atoms with Crippen LogP contribution in [0.2, 0.25) is 0 Å². The van der Waals surface area contributed by atoms with Gasteiger partial charge in [-0.1, -0.05) is 0 Å². The third kappa shape index (κ3) is 66.0. The van der Waals surface area contributed by atoms with Crippen LogP contribution in [0.1, 0.15) is 20.8 Å². The van der Waals surface area contributed by atoms with Gasteiger partial charge in [0.1, 0.15) is 0 Å². The molecule has 0 saturated carbocycles. The quantitative estimate of drug-likeness (QED) is 0.351. The Labute approximate surface area is 228 Å². The van der Waals surface area contributed by atoms with E-state index in [-0.39, 0.29) is 139 Å². The molecule has 2 atom stereocenters. The Morgan fingerprint density at radius 1 is 0.818 bits per heavy atom. The summed E-state index contributed by atoms with van der Waals surface area (Å²) in [6.45, 7) is 4.71. The van der Waals surface area contributed by atoms with Crippen molar-refractivity contribution in [3.8, 4) is 0 Å². The fourth-order valence-corrected chi connectivity index (χ4v) is 0.408. The maximum absolute atomic E-state index is 9.88. The van der Waals surface area contributed by atoms with E-state index >= 15 is 0 Å². The van der Waals surface area contributed by atoms with Crippen LogP contribution in [0, 0.1) is 26.7 Å². The van der Waals surface area contributed by atoms with Crippen molar-refractivity contribution in [3.05, 3.63) is 26.7 Å². The average molecular weight is 749 g/mol. The van der Waals surface area contributed by atoms with E-state index in [4.69, 9.17) is 5.11 Å². The number of aliphatic carboxylic acids is 1.